The van der Waals surface area contributed by atoms with E-state index < -0.39 is 0 Å². The fourth-order valence-electron chi connectivity index (χ4n) is 1.96. The molecule has 1 aromatic heterocycles. The number of nitrogens with one attached hydrogen (secondary N) is 1. The Hall–Kier alpha value is -2.01. The van der Waals surface area contributed by atoms with Gasteiger partial charge in [0.05, 0.1) is 23.5 Å². The second-order valence-corrected chi connectivity index (χ2v) is 6.50. The number of carbonyl (C=O) groups excluding carboxylic acids is 1. The SMILES string of the molecule is COc1ccc(NC(=O)c2cc(C(C)(C)C)nn2C)c(Cl)c1. The molecule has 0 aliphatic rings. The molecule has 1 aromatic carbocycles. The van der Waals surface area contributed by atoms with Crippen LogP contribution < -0.4 is 10.1 Å². The second kappa shape index (κ2) is 6.01. The molecule has 1 N–H and O–H groups in total. The number of methoxy groups -OCH3 is 1. The number of nitrogens with zero attached hydrogens (tertiary/aromatic N) is 2. The van der Waals surface area contributed by atoms with E-state index in [4.69, 9.17) is 16.3 Å². The van der Waals surface area contributed by atoms with Crippen molar-refractivity contribution >= 4 is 23.2 Å². The maximum absolute atomic E-state index is 12.4. The van der Waals surface area contributed by atoms with Crippen LogP contribution in [-0.4, -0.2) is 22.8 Å². The van der Waals surface area contributed by atoms with Crippen LogP contribution >= 0.6 is 11.6 Å². The first-order valence-electron chi connectivity index (χ1n) is 6.92. The summed E-state index contributed by atoms with van der Waals surface area (Å²) in [6, 6.07) is 6.90. The molecule has 22 heavy (non-hydrogen) atoms. The molecule has 0 aliphatic heterocycles. The Morgan fingerprint density at radius 2 is 2.00 bits per heavy atom. The van der Waals surface area contributed by atoms with Crippen molar-refractivity contribution in [2.75, 3.05) is 12.4 Å². The first-order valence-corrected chi connectivity index (χ1v) is 7.29. The number of amides is 1. The normalized spacial score (nSPS) is 11.4. The van der Waals surface area contributed by atoms with Crippen LogP contribution in [0.15, 0.2) is 24.3 Å². The van der Waals surface area contributed by atoms with Gasteiger partial charge in [-0.05, 0) is 18.2 Å². The van der Waals surface area contributed by atoms with Crippen LogP contribution in [0, 0.1) is 0 Å². The molecule has 0 spiro atoms. The van der Waals surface area contributed by atoms with E-state index in [0.717, 1.165) is 5.69 Å². The number of carbonyl (C=O) groups is 1. The highest BCUT2D eigenvalue weighted by Crippen LogP contribution is 2.27. The van der Waals surface area contributed by atoms with Gasteiger partial charge < -0.3 is 10.1 Å². The van der Waals surface area contributed by atoms with Crippen molar-refractivity contribution in [2.45, 2.75) is 26.2 Å². The summed E-state index contributed by atoms with van der Waals surface area (Å²) in [5.41, 5.74) is 1.76. The lowest BCUT2D eigenvalue weighted by atomic mass is 9.92. The topological polar surface area (TPSA) is 56.1 Å². The van der Waals surface area contributed by atoms with E-state index in [2.05, 4.69) is 31.2 Å². The fourth-order valence-corrected chi connectivity index (χ4v) is 2.17. The Morgan fingerprint density at radius 3 is 2.50 bits per heavy atom. The maximum Gasteiger partial charge on any atom is 0.273 e. The monoisotopic (exact) mass is 321 g/mol. The molecule has 0 bridgehead atoms. The first-order chi connectivity index (χ1) is 10.2. The van der Waals surface area contributed by atoms with Crippen LogP contribution in [0.3, 0.4) is 0 Å². The largest absolute Gasteiger partial charge is 0.497 e. The second-order valence-electron chi connectivity index (χ2n) is 6.09. The Balaban J connectivity index is 2.25. The van der Waals surface area contributed by atoms with Gasteiger partial charge >= 0.3 is 0 Å². The fraction of sp³-hybridized carbons (Fsp3) is 0.375. The molecule has 1 heterocycles. The number of aryl methyl sites for hydroxylation is 1. The standard InChI is InChI=1S/C16H20ClN3O2/c1-16(2,3)14-9-13(20(4)19-14)15(21)18-12-7-6-10(22-5)8-11(12)17/h6-9H,1-5H3,(H,18,21). The van der Waals surface area contributed by atoms with Gasteiger partial charge in [-0.15, -0.1) is 0 Å². The number of benzene rings is 1. The van der Waals surface area contributed by atoms with Crippen molar-refractivity contribution in [1.82, 2.24) is 9.78 Å². The maximum atomic E-state index is 12.4. The summed E-state index contributed by atoms with van der Waals surface area (Å²) >= 11 is 6.14. The van der Waals surface area contributed by atoms with Crippen LogP contribution in [-0.2, 0) is 12.5 Å². The van der Waals surface area contributed by atoms with Crippen molar-refractivity contribution < 1.29 is 9.53 Å². The third-order valence-electron chi connectivity index (χ3n) is 3.31. The number of ether oxygens (including phenoxy) is 1. The molecule has 118 valence electrons. The highest BCUT2D eigenvalue weighted by atomic mass is 35.5. The molecular weight excluding hydrogens is 302 g/mol. The molecule has 2 rings (SSSR count). The summed E-state index contributed by atoms with van der Waals surface area (Å²) < 4.78 is 6.66. The molecular formula is C16H20ClN3O2. The molecule has 5 nitrogen and oxygen atoms in total. The predicted octanol–water partition coefficient (Wildman–Crippen LogP) is 3.63. The van der Waals surface area contributed by atoms with Gasteiger partial charge in [0.15, 0.2) is 0 Å². The molecule has 0 fully saturated rings. The van der Waals surface area contributed by atoms with Crippen LogP contribution in [0.25, 0.3) is 0 Å². The lowest BCUT2D eigenvalue weighted by Crippen LogP contribution is -2.16. The molecule has 0 saturated carbocycles. The van der Waals surface area contributed by atoms with E-state index in [1.165, 1.54) is 0 Å². The van der Waals surface area contributed by atoms with Crippen molar-refractivity contribution in [3.63, 3.8) is 0 Å². The highest BCUT2D eigenvalue weighted by molar-refractivity contribution is 6.34. The van der Waals surface area contributed by atoms with Gasteiger partial charge in [-0.2, -0.15) is 5.10 Å². The third kappa shape index (κ3) is 3.42. The minimum absolute atomic E-state index is 0.117. The number of rotatable bonds is 3. The zero-order chi connectivity index (χ0) is 16.5. The van der Waals surface area contributed by atoms with Crippen LogP contribution in [0.4, 0.5) is 5.69 Å². The summed E-state index contributed by atoms with van der Waals surface area (Å²) in [5, 5.41) is 7.62. The van der Waals surface area contributed by atoms with Gasteiger partial charge in [0.2, 0.25) is 0 Å². The molecule has 6 heteroatoms. The molecule has 2 aromatic rings. The van der Waals surface area contributed by atoms with Crippen LogP contribution in [0.5, 0.6) is 5.75 Å². The zero-order valence-corrected chi connectivity index (χ0v) is 14.2. The van der Waals surface area contributed by atoms with E-state index in [-0.39, 0.29) is 11.3 Å². The molecule has 0 radical (unpaired) electrons. The van der Waals surface area contributed by atoms with Gasteiger partial charge in [-0.3, -0.25) is 9.48 Å². The number of anilines is 1. The Morgan fingerprint density at radius 1 is 1.32 bits per heavy atom. The minimum Gasteiger partial charge on any atom is -0.497 e. The lowest BCUT2D eigenvalue weighted by Gasteiger charge is -2.13. The van der Waals surface area contributed by atoms with Crippen LogP contribution in [0.2, 0.25) is 5.02 Å². The third-order valence-corrected chi connectivity index (χ3v) is 3.62. The molecule has 0 unspecified atom stereocenters. The van der Waals surface area contributed by atoms with E-state index in [1.54, 1.807) is 43.1 Å². The van der Waals surface area contributed by atoms with Crippen molar-refractivity contribution in [1.29, 1.82) is 0 Å². The highest BCUT2D eigenvalue weighted by Gasteiger charge is 2.22. The number of aromatic nitrogens is 2. The van der Waals surface area contributed by atoms with Gasteiger partial charge in [0.1, 0.15) is 11.4 Å². The van der Waals surface area contributed by atoms with Gasteiger partial charge in [0.25, 0.3) is 5.91 Å². The molecule has 0 saturated heterocycles. The van der Waals surface area contributed by atoms with E-state index in [0.29, 0.717) is 22.2 Å². The predicted molar refractivity (Wildman–Crippen MR) is 87.9 cm³/mol. The smallest absolute Gasteiger partial charge is 0.273 e. The van der Waals surface area contributed by atoms with E-state index >= 15 is 0 Å². The van der Waals surface area contributed by atoms with Gasteiger partial charge in [-0.1, -0.05) is 32.4 Å². The first kappa shape index (κ1) is 16.4. The summed E-state index contributed by atoms with van der Waals surface area (Å²) in [6.07, 6.45) is 0. The van der Waals surface area contributed by atoms with Gasteiger partial charge in [0, 0.05) is 18.5 Å². The Bertz CT molecular complexity index is 702. The average Bonchev–Trinajstić information content (AvgIpc) is 2.83. The van der Waals surface area contributed by atoms with Gasteiger partial charge in [-0.25, -0.2) is 0 Å². The lowest BCUT2D eigenvalue weighted by molar-refractivity contribution is 0.101. The van der Waals surface area contributed by atoms with Crippen molar-refractivity contribution in [3.05, 3.63) is 40.7 Å². The summed E-state index contributed by atoms with van der Waals surface area (Å²) in [4.78, 5) is 12.4. The number of hydrogen-bond donors (Lipinski definition) is 1. The summed E-state index contributed by atoms with van der Waals surface area (Å²) in [7, 11) is 3.31. The quantitative estimate of drug-likeness (QED) is 0.939. The molecule has 1 amide bonds. The Kier molecular flexibility index (Phi) is 4.47. The average molecular weight is 322 g/mol. The zero-order valence-electron chi connectivity index (χ0n) is 13.4. The molecule has 0 aliphatic carbocycles. The molecule has 0 atom stereocenters. The number of halogens is 1. The van der Waals surface area contributed by atoms with Crippen LogP contribution in [0.1, 0.15) is 37.0 Å². The van der Waals surface area contributed by atoms with E-state index in [9.17, 15) is 4.79 Å². The van der Waals surface area contributed by atoms with E-state index in [1.807, 2.05) is 0 Å². The minimum atomic E-state index is -0.252. The summed E-state index contributed by atoms with van der Waals surface area (Å²) in [5.74, 6) is 0.385. The number of hydrogen-bond acceptors (Lipinski definition) is 3. The van der Waals surface area contributed by atoms with Crippen molar-refractivity contribution in [2.24, 2.45) is 7.05 Å². The summed E-state index contributed by atoms with van der Waals surface area (Å²) in [6.45, 7) is 6.16. The Labute approximate surface area is 135 Å². The van der Waals surface area contributed by atoms with Crippen molar-refractivity contribution in [3.8, 4) is 5.75 Å².